The number of nitrogens with one attached hydrogen (secondary N) is 1. The molecule has 0 radical (unpaired) electrons. The predicted molar refractivity (Wildman–Crippen MR) is 77.7 cm³/mol. The van der Waals surface area contributed by atoms with Crippen LogP contribution in [-0.2, 0) is 4.79 Å². The van der Waals surface area contributed by atoms with E-state index < -0.39 is 11.5 Å². The number of esters is 1. The minimum absolute atomic E-state index is 0. The molecule has 108 valence electrons. The summed E-state index contributed by atoms with van der Waals surface area (Å²) in [6.45, 7) is 5.86. The first-order valence-electron chi connectivity index (χ1n) is 5.99. The largest absolute Gasteiger partial charge is 0.426 e. The fraction of sp³-hybridized carbons (Fsp3) is 0.500. The van der Waals surface area contributed by atoms with Crippen molar-refractivity contribution in [3.63, 3.8) is 0 Å². The van der Waals surface area contributed by atoms with Crippen LogP contribution in [0, 0.1) is 5.41 Å². The molecule has 2 N–H and O–H groups in total. The van der Waals surface area contributed by atoms with Gasteiger partial charge in [0, 0.05) is 6.54 Å². The fourth-order valence-electron chi connectivity index (χ4n) is 1.36. The Morgan fingerprint density at radius 1 is 1.42 bits per heavy atom. The smallest absolute Gasteiger partial charge is 0.316 e. The molecule has 0 spiro atoms. The van der Waals surface area contributed by atoms with Gasteiger partial charge in [0.2, 0.25) is 0 Å². The van der Waals surface area contributed by atoms with Gasteiger partial charge in [0.15, 0.2) is 0 Å². The second-order valence-electron chi connectivity index (χ2n) is 5.29. The molecular weight excluding hydrogens is 266 g/mol. The highest BCUT2D eigenvalue weighted by Crippen LogP contribution is 2.22. The number of aliphatic hydroxyl groups excluding tert-OH is 1. The van der Waals surface area contributed by atoms with Crippen molar-refractivity contribution in [2.24, 2.45) is 5.41 Å². The molecule has 0 saturated carbocycles. The van der Waals surface area contributed by atoms with Gasteiger partial charge in [-0.25, -0.2) is 0 Å². The van der Waals surface area contributed by atoms with Crippen LogP contribution in [0.3, 0.4) is 0 Å². The molecule has 0 aliphatic carbocycles. The maximum absolute atomic E-state index is 11.7. The average molecular weight is 288 g/mol. The quantitative estimate of drug-likeness (QED) is 0.659. The zero-order valence-corrected chi connectivity index (χ0v) is 12.6. The van der Waals surface area contributed by atoms with E-state index in [2.05, 4.69) is 5.32 Å². The predicted octanol–water partition coefficient (Wildman–Crippen LogP) is 2.31. The van der Waals surface area contributed by atoms with Gasteiger partial charge in [-0.1, -0.05) is 12.1 Å². The summed E-state index contributed by atoms with van der Waals surface area (Å²) < 4.78 is 5.28. The molecule has 1 aromatic carbocycles. The molecule has 0 aliphatic rings. The molecule has 0 heterocycles. The van der Waals surface area contributed by atoms with Crippen molar-refractivity contribution < 1.29 is 14.6 Å². The van der Waals surface area contributed by atoms with Crippen LogP contribution >= 0.6 is 12.4 Å². The Hall–Kier alpha value is -1.10. The zero-order valence-electron chi connectivity index (χ0n) is 11.8. The van der Waals surface area contributed by atoms with E-state index in [0.29, 0.717) is 12.3 Å². The molecule has 1 atom stereocenters. The van der Waals surface area contributed by atoms with Gasteiger partial charge in [0.1, 0.15) is 5.75 Å². The highest BCUT2D eigenvalue weighted by molar-refractivity contribution is 5.85. The molecule has 0 fully saturated rings. The standard InChI is InChI=1S/C14H21NO3.ClH/c1-14(2,3)13(17)18-11-7-5-6-10(8-11)12(16)9-15-4;/h5-8,12,15-16H,9H2,1-4H3;1H. The minimum Gasteiger partial charge on any atom is -0.426 e. The molecule has 1 aromatic rings. The summed E-state index contributed by atoms with van der Waals surface area (Å²) in [5.41, 5.74) is 0.183. The molecule has 19 heavy (non-hydrogen) atoms. The summed E-state index contributed by atoms with van der Waals surface area (Å²) in [5.74, 6) is 0.172. The third-order valence-electron chi connectivity index (χ3n) is 2.46. The number of likely N-dealkylation sites (N-methyl/N-ethyl adjacent to an activating group) is 1. The summed E-state index contributed by atoms with van der Waals surface area (Å²) >= 11 is 0. The van der Waals surface area contributed by atoms with Crippen molar-refractivity contribution in [2.75, 3.05) is 13.6 Å². The fourth-order valence-corrected chi connectivity index (χ4v) is 1.36. The molecule has 0 bridgehead atoms. The number of benzene rings is 1. The van der Waals surface area contributed by atoms with E-state index in [1.807, 2.05) is 0 Å². The number of rotatable bonds is 4. The van der Waals surface area contributed by atoms with Crippen LogP contribution in [0.2, 0.25) is 0 Å². The summed E-state index contributed by atoms with van der Waals surface area (Å²) in [6, 6.07) is 6.96. The third-order valence-corrected chi connectivity index (χ3v) is 2.46. The Morgan fingerprint density at radius 2 is 2.05 bits per heavy atom. The van der Waals surface area contributed by atoms with Crippen molar-refractivity contribution in [2.45, 2.75) is 26.9 Å². The molecule has 1 rings (SSSR count). The van der Waals surface area contributed by atoms with Gasteiger partial charge in [-0.05, 0) is 45.5 Å². The number of ether oxygens (including phenoxy) is 1. The van der Waals surface area contributed by atoms with Crippen LogP contribution in [0.25, 0.3) is 0 Å². The second-order valence-corrected chi connectivity index (χ2v) is 5.29. The Labute approximate surface area is 120 Å². The number of halogens is 1. The van der Waals surface area contributed by atoms with Gasteiger partial charge >= 0.3 is 5.97 Å². The second kappa shape index (κ2) is 7.48. The normalized spacial score (nSPS) is 12.5. The van der Waals surface area contributed by atoms with Gasteiger partial charge < -0.3 is 15.2 Å². The SMILES string of the molecule is CNCC(O)c1cccc(OC(=O)C(C)(C)C)c1.Cl. The van der Waals surface area contributed by atoms with E-state index in [1.165, 1.54) is 0 Å². The Balaban J connectivity index is 0.00000324. The lowest BCUT2D eigenvalue weighted by Crippen LogP contribution is -2.25. The summed E-state index contributed by atoms with van der Waals surface area (Å²) in [6.07, 6.45) is -0.608. The van der Waals surface area contributed by atoms with Crippen molar-refractivity contribution in [1.29, 1.82) is 0 Å². The number of carbonyl (C=O) groups excluding carboxylic acids is 1. The first-order chi connectivity index (χ1) is 8.34. The molecule has 1 unspecified atom stereocenters. The maximum Gasteiger partial charge on any atom is 0.316 e. The number of carbonyl (C=O) groups is 1. The topological polar surface area (TPSA) is 58.6 Å². The van der Waals surface area contributed by atoms with Gasteiger partial charge in [0.05, 0.1) is 11.5 Å². The molecule has 0 aliphatic heterocycles. The highest BCUT2D eigenvalue weighted by Gasteiger charge is 2.23. The van der Waals surface area contributed by atoms with Gasteiger partial charge in [-0.3, -0.25) is 4.79 Å². The summed E-state index contributed by atoms with van der Waals surface area (Å²) in [5, 5.41) is 12.7. The van der Waals surface area contributed by atoms with Gasteiger partial charge in [0.25, 0.3) is 0 Å². The lowest BCUT2D eigenvalue weighted by atomic mass is 9.97. The first-order valence-corrected chi connectivity index (χ1v) is 5.99. The van der Waals surface area contributed by atoms with Gasteiger partial charge in [-0.15, -0.1) is 12.4 Å². The Bertz CT molecular complexity index is 415. The minimum atomic E-state index is -0.608. The Kier molecular flexibility index (Phi) is 7.05. The summed E-state index contributed by atoms with van der Waals surface area (Å²) in [4.78, 5) is 11.7. The number of hydrogen-bond donors (Lipinski definition) is 2. The lowest BCUT2D eigenvalue weighted by molar-refractivity contribution is -0.143. The number of hydrogen-bond acceptors (Lipinski definition) is 4. The van der Waals surface area contributed by atoms with Crippen LogP contribution in [0.4, 0.5) is 0 Å². The van der Waals surface area contributed by atoms with Gasteiger partial charge in [-0.2, -0.15) is 0 Å². The van der Waals surface area contributed by atoms with E-state index in [9.17, 15) is 9.90 Å². The van der Waals surface area contributed by atoms with E-state index >= 15 is 0 Å². The summed E-state index contributed by atoms with van der Waals surface area (Å²) in [7, 11) is 1.77. The molecule has 4 nitrogen and oxygen atoms in total. The van der Waals surface area contributed by atoms with Crippen LogP contribution in [0.5, 0.6) is 5.75 Å². The van der Waals surface area contributed by atoms with E-state index in [0.717, 1.165) is 5.56 Å². The maximum atomic E-state index is 11.7. The molecular formula is C14H22ClNO3. The average Bonchev–Trinajstić information content (AvgIpc) is 2.28. The molecule has 0 amide bonds. The van der Waals surface area contributed by atoms with E-state index in [-0.39, 0.29) is 18.4 Å². The highest BCUT2D eigenvalue weighted by atomic mass is 35.5. The van der Waals surface area contributed by atoms with Crippen LogP contribution in [-0.4, -0.2) is 24.7 Å². The van der Waals surface area contributed by atoms with Crippen LogP contribution in [0.15, 0.2) is 24.3 Å². The molecule has 0 aromatic heterocycles. The van der Waals surface area contributed by atoms with E-state index in [1.54, 1.807) is 52.1 Å². The van der Waals surface area contributed by atoms with E-state index in [4.69, 9.17) is 4.74 Å². The molecule has 5 heteroatoms. The Morgan fingerprint density at radius 3 is 2.58 bits per heavy atom. The zero-order chi connectivity index (χ0) is 13.8. The monoisotopic (exact) mass is 287 g/mol. The first kappa shape index (κ1) is 17.9. The van der Waals surface area contributed by atoms with Crippen molar-refractivity contribution in [3.05, 3.63) is 29.8 Å². The van der Waals surface area contributed by atoms with Crippen molar-refractivity contribution >= 4 is 18.4 Å². The third kappa shape index (κ3) is 5.59. The van der Waals surface area contributed by atoms with Crippen molar-refractivity contribution in [1.82, 2.24) is 5.32 Å². The number of aliphatic hydroxyl groups is 1. The lowest BCUT2D eigenvalue weighted by Gasteiger charge is -2.17. The molecule has 0 saturated heterocycles. The van der Waals surface area contributed by atoms with Crippen molar-refractivity contribution in [3.8, 4) is 5.75 Å². The van der Waals surface area contributed by atoms with Crippen LogP contribution in [0.1, 0.15) is 32.4 Å². The van der Waals surface area contributed by atoms with Crippen LogP contribution < -0.4 is 10.1 Å².